The summed E-state index contributed by atoms with van der Waals surface area (Å²) in [5.74, 6) is 1.48. The average molecular weight is 449 g/mol. The Kier molecular flexibility index (Phi) is 6.34. The zero-order valence-electron chi connectivity index (χ0n) is 17.4. The van der Waals surface area contributed by atoms with Crippen LogP contribution in [0.15, 0.2) is 42.5 Å². The molecule has 162 valence electrons. The van der Waals surface area contributed by atoms with Crippen LogP contribution in [0.1, 0.15) is 49.7 Å². The van der Waals surface area contributed by atoms with Crippen molar-refractivity contribution >= 4 is 23.2 Å². The highest BCUT2D eigenvalue weighted by atomic mass is 35.5. The van der Waals surface area contributed by atoms with Gasteiger partial charge in [0.2, 0.25) is 0 Å². The Balaban J connectivity index is 1.76. The maximum absolute atomic E-state index is 10.8. The number of aliphatic hydroxyl groups excluding tert-OH is 1. The predicted molar refractivity (Wildman–Crippen MR) is 122 cm³/mol. The highest BCUT2D eigenvalue weighted by molar-refractivity contribution is 6.31. The number of hydrogen-bond acceptors (Lipinski definition) is 4. The van der Waals surface area contributed by atoms with E-state index in [0.29, 0.717) is 13.2 Å². The fraction of sp³-hybridized carbons (Fsp3) is 0.500. The molecule has 1 saturated heterocycles. The lowest BCUT2D eigenvalue weighted by Crippen LogP contribution is -2.43. The van der Waals surface area contributed by atoms with E-state index in [0.717, 1.165) is 34.2 Å². The van der Waals surface area contributed by atoms with Crippen molar-refractivity contribution in [2.75, 3.05) is 13.2 Å². The molecule has 6 atom stereocenters. The Hall–Kier alpha value is -1.30. The Labute approximate surface area is 188 Å². The summed E-state index contributed by atoms with van der Waals surface area (Å²) in [4.78, 5) is 0. The first-order valence-electron chi connectivity index (χ1n) is 10.7. The second-order valence-corrected chi connectivity index (χ2v) is 9.78. The van der Waals surface area contributed by atoms with Crippen LogP contribution in [0.5, 0.6) is 5.75 Å². The van der Waals surface area contributed by atoms with E-state index in [1.165, 1.54) is 5.56 Å². The minimum atomic E-state index is -0.504. The molecule has 1 aliphatic carbocycles. The molecule has 2 aliphatic rings. The van der Waals surface area contributed by atoms with Crippen LogP contribution < -0.4 is 15.8 Å². The molecule has 0 radical (unpaired) electrons. The number of nitrogens with two attached hydrogens (primary N) is 1. The second kappa shape index (κ2) is 8.68. The Morgan fingerprint density at radius 2 is 1.93 bits per heavy atom. The van der Waals surface area contributed by atoms with Crippen LogP contribution >= 0.6 is 23.2 Å². The van der Waals surface area contributed by atoms with E-state index in [1.807, 2.05) is 24.3 Å². The van der Waals surface area contributed by atoms with Crippen LogP contribution in [0, 0.1) is 11.3 Å². The summed E-state index contributed by atoms with van der Waals surface area (Å²) in [6.45, 7) is 5.32. The van der Waals surface area contributed by atoms with Crippen molar-refractivity contribution in [2.24, 2.45) is 17.1 Å². The molecule has 0 amide bonds. The summed E-state index contributed by atoms with van der Waals surface area (Å²) in [6, 6.07) is 14.3. The molecule has 2 aromatic rings. The van der Waals surface area contributed by atoms with Gasteiger partial charge in [-0.3, -0.25) is 5.32 Å². The van der Waals surface area contributed by atoms with Crippen LogP contribution in [0.4, 0.5) is 0 Å². The van der Waals surface area contributed by atoms with E-state index in [9.17, 15) is 5.11 Å². The van der Waals surface area contributed by atoms with E-state index >= 15 is 0 Å². The number of rotatable bonds is 5. The van der Waals surface area contributed by atoms with Crippen molar-refractivity contribution in [3.8, 4) is 5.75 Å². The maximum atomic E-state index is 10.8. The molecular weight excluding hydrogens is 419 g/mol. The van der Waals surface area contributed by atoms with Gasteiger partial charge >= 0.3 is 0 Å². The molecule has 4 rings (SSSR count). The van der Waals surface area contributed by atoms with Crippen LogP contribution in [-0.2, 0) is 0 Å². The van der Waals surface area contributed by atoms with Gasteiger partial charge in [-0.2, -0.15) is 0 Å². The van der Waals surface area contributed by atoms with Crippen LogP contribution in [0.2, 0.25) is 10.0 Å². The Bertz CT molecular complexity index is 891. The number of halogens is 2. The number of hydrogen-bond donors (Lipinski definition) is 3. The average Bonchev–Trinajstić information content (AvgIpc) is 2.95. The summed E-state index contributed by atoms with van der Waals surface area (Å²) in [5, 5.41) is 15.6. The van der Waals surface area contributed by atoms with Gasteiger partial charge in [0.05, 0.1) is 0 Å². The van der Waals surface area contributed by atoms with Crippen molar-refractivity contribution < 1.29 is 9.84 Å². The first kappa shape index (κ1) is 21.9. The van der Waals surface area contributed by atoms with Gasteiger partial charge in [0.25, 0.3) is 0 Å². The molecule has 2 fully saturated rings. The molecule has 1 unspecified atom stereocenters. The van der Waals surface area contributed by atoms with E-state index in [2.05, 4.69) is 37.4 Å². The van der Waals surface area contributed by atoms with Crippen molar-refractivity contribution in [3.63, 3.8) is 0 Å². The standard InChI is InChI=1S/C24H30Cl2N2O2/c1-14-22-21(15-3-5-16(25)6-4-15)19(9-10-24(22,2)23(29)28-14)18-8-7-17(13-20(18)26)30-12-11-27/h3-8,13-14,19,21-23,28-29H,9-12,27H2,1-2H3/t14-,19+,21+,22+,23?,24-/m1/s1. The zero-order chi connectivity index (χ0) is 21.5. The topological polar surface area (TPSA) is 67.5 Å². The molecule has 4 nitrogen and oxygen atoms in total. The van der Waals surface area contributed by atoms with Gasteiger partial charge in [-0.15, -0.1) is 0 Å². The van der Waals surface area contributed by atoms with Gasteiger partial charge in [0.15, 0.2) is 0 Å². The maximum Gasteiger partial charge on any atom is 0.120 e. The van der Waals surface area contributed by atoms with Gasteiger partial charge in [-0.1, -0.05) is 48.3 Å². The van der Waals surface area contributed by atoms with E-state index in [1.54, 1.807) is 0 Å². The van der Waals surface area contributed by atoms with Crippen molar-refractivity contribution in [1.29, 1.82) is 0 Å². The predicted octanol–water partition coefficient (Wildman–Crippen LogP) is 4.92. The van der Waals surface area contributed by atoms with E-state index in [4.69, 9.17) is 33.7 Å². The molecule has 4 N–H and O–H groups in total. The first-order chi connectivity index (χ1) is 14.3. The second-order valence-electron chi connectivity index (χ2n) is 8.93. The van der Waals surface area contributed by atoms with Crippen LogP contribution in [0.3, 0.4) is 0 Å². The lowest BCUT2D eigenvalue weighted by molar-refractivity contribution is -0.00919. The van der Waals surface area contributed by atoms with Gasteiger partial charge in [-0.05, 0) is 72.9 Å². The Morgan fingerprint density at radius 1 is 1.20 bits per heavy atom. The SMILES string of the molecule is C[C@H]1NC(O)[C@]2(C)CC[C@@H](c3ccc(OCCN)cc3Cl)[C@H](c3ccc(Cl)cc3)[C@H]12. The lowest BCUT2D eigenvalue weighted by Gasteiger charge is -2.48. The van der Waals surface area contributed by atoms with Gasteiger partial charge in [0.1, 0.15) is 18.6 Å². The summed E-state index contributed by atoms with van der Waals surface area (Å²) in [6.07, 6.45) is 1.39. The van der Waals surface area contributed by atoms with Crippen LogP contribution in [-0.4, -0.2) is 30.5 Å². The molecular formula is C24H30Cl2N2O2. The molecule has 30 heavy (non-hydrogen) atoms. The monoisotopic (exact) mass is 448 g/mol. The fourth-order valence-electron chi connectivity index (χ4n) is 5.77. The third-order valence-electron chi connectivity index (χ3n) is 7.17. The number of ether oxygens (including phenoxy) is 1. The molecule has 1 heterocycles. The number of aliphatic hydroxyl groups is 1. The quantitative estimate of drug-likeness (QED) is 0.606. The molecule has 0 aromatic heterocycles. The normalized spacial score (nSPS) is 33.3. The van der Waals surface area contributed by atoms with Gasteiger partial charge in [0, 0.05) is 28.0 Å². The molecule has 2 aromatic carbocycles. The highest BCUT2D eigenvalue weighted by Gasteiger charge is 2.57. The minimum absolute atomic E-state index is 0.184. The van der Waals surface area contributed by atoms with Crippen molar-refractivity contribution in [1.82, 2.24) is 5.32 Å². The fourth-order valence-corrected chi connectivity index (χ4v) is 6.20. The summed E-state index contributed by atoms with van der Waals surface area (Å²) in [7, 11) is 0. The minimum Gasteiger partial charge on any atom is -0.492 e. The van der Waals surface area contributed by atoms with E-state index in [-0.39, 0.29) is 29.2 Å². The summed E-state index contributed by atoms with van der Waals surface area (Å²) >= 11 is 12.9. The van der Waals surface area contributed by atoms with Gasteiger partial charge in [-0.25, -0.2) is 0 Å². The van der Waals surface area contributed by atoms with E-state index < -0.39 is 6.23 Å². The molecule has 1 aliphatic heterocycles. The number of nitrogens with one attached hydrogen (secondary N) is 1. The van der Waals surface area contributed by atoms with Crippen molar-refractivity contribution in [2.45, 2.75) is 50.8 Å². The molecule has 0 bridgehead atoms. The number of benzene rings is 2. The third kappa shape index (κ3) is 3.85. The smallest absolute Gasteiger partial charge is 0.120 e. The highest BCUT2D eigenvalue weighted by Crippen LogP contribution is 2.60. The van der Waals surface area contributed by atoms with Crippen LogP contribution in [0.25, 0.3) is 0 Å². The molecule has 1 saturated carbocycles. The van der Waals surface area contributed by atoms with Gasteiger partial charge < -0.3 is 15.6 Å². The summed E-state index contributed by atoms with van der Waals surface area (Å²) in [5.41, 5.74) is 7.73. The van der Waals surface area contributed by atoms with Crippen molar-refractivity contribution in [3.05, 3.63) is 63.6 Å². The lowest BCUT2D eigenvalue weighted by atomic mass is 9.55. The third-order valence-corrected chi connectivity index (χ3v) is 7.75. The summed E-state index contributed by atoms with van der Waals surface area (Å²) < 4.78 is 5.65. The largest absolute Gasteiger partial charge is 0.492 e. The zero-order valence-corrected chi connectivity index (χ0v) is 19.0. The number of fused-ring (bicyclic) bond motifs is 1. The molecule has 0 spiro atoms. The molecule has 6 heteroatoms. The first-order valence-corrected chi connectivity index (χ1v) is 11.4. The Morgan fingerprint density at radius 3 is 2.60 bits per heavy atom.